The molecule has 1 aliphatic carbocycles. The van der Waals surface area contributed by atoms with Gasteiger partial charge in [0.25, 0.3) is 0 Å². The number of hydrogen-bond acceptors (Lipinski definition) is 5. The van der Waals surface area contributed by atoms with Gasteiger partial charge in [-0.25, -0.2) is 0 Å². The van der Waals surface area contributed by atoms with E-state index in [2.05, 4.69) is 15.6 Å². The van der Waals surface area contributed by atoms with E-state index in [1.165, 1.54) is 0 Å². The molecule has 0 radical (unpaired) electrons. The first-order valence-electron chi connectivity index (χ1n) is 6.94. The van der Waals surface area contributed by atoms with Crippen molar-refractivity contribution in [3.8, 4) is 0 Å². The average molecular weight is 266 g/mol. The van der Waals surface area contributed by atoms with Gasteiger partial charge in [-0.05, 0) is 32.6 Å². The van der Waals surface area contributed by atoms with Crippen LogP contribution in [0.2, 0.25) is 0 Å². The Hall–Kier alpha value is -1.43. The molecule has 0 saturated heterocycles. The largest absolute Gasteiger partial charge is 0.466 e. The molecule has 0 amide bonds. The molecule has 0 spiro atoms. The Kier molecular flexibility index (Phi) is 4.90. The maximum atomic E-state index is 11.6. The fraction of sp³-hybridized carbons (Fsp3) is 0.769. The van der Waals surface area contributed by atoms with Crippen LogP contribution in [0.15, 0.2) is 6.20 Å². The zero-order chi connectivity index (χ0) is 13.7. The lowest BCUT2D eigenvalue weighted by atomic mass is 9.86. The Morgan fingerprint density at radius 3 is 2.79 bits per heavy atom. The highest BCUT2D eigenvalue weighted by atomic mass is 16.5. The second-order valence-electron chi connectivity index (χ2n) is 5.03. The SMILES string of the molecule is CCOC(=O)C1CCC(NCc2cnnn2C)CC1. The van der Waals surface area contributed by atoms with Crippen molar-refractivity contribution in [1.29, 1.82) is 0 Å². The van der Waals surface area contributed by atoms with E-state index >= 15 is 0 Å². The van der Waals surface area contributed by atoms with Crippen LogP contribution in [0.3, 0.4) is 0 Å². The molecule has 1 fully saturated rings. The summed E-state index contributed by atoms with van der Waals surface area (Å²) in [4.78, 5) is 11.6. The van der Waals surface area contributed by atoms with E-state index in [1.54, 1.807) is 10.9 Å². The topological polar surface area (TPSA) is 69.0 Å². The molecule has 6 nitrogen and oxygen atoms in total. The van der Waals surface area contributed by atoms with Crippen LogP contribution in [0.25, 0.3) is 0 Å². The van der Waals surface area contributed by atoms with Gasteiger partial charge >= 0.3 is 5.97 Å². The third-order valence-electron chi connectivity index (χ3n) is 3.73. The molecule has 1 aromatic rings. The standard InChI is InChI=1S/C13H22N4O2/c1-3-19-13(18)10-4-6-11(7-5-10)14-8-12-9-15-16-17(12)2/h9-11,14H,3-8H2,1-2H3. The van der Waals surface area contributed by atoms with Gasteiger partial charge < -0.3 is 10.1 Å². The van der Waals surface area contributed by atoms with Gasteiger partial charge in [-0.1, -0.05) is 5.21 Å². The van der Waals surface area contributed by atoms with Crippen LogP contribution in [0, 0.1) is 5.92 Å². The maximum Gasteiger partial charge on any atom is 0.308 e. The van der Waals surface area contributed by atoms with Crippen molar-refractivity contribution in [2.75, 3.05) is 6.61 Å². The van der Waals surface area contributed by atoms with Crippen LogP contribution < -0.4 is 5.32 Å². The highest BCUT2D eigenvalue weighted by Gasteiger charge is 2.26. The summed E-state index contributed by atoms with van der Waals surface area (Å²) in [6.07, 6.45) is 5.65. The van der Waals surface area contributed by atoms with Gasteiger partial charge in [0.15, 0.2) is 0 Å². The molecule has 1 heterocycles. The molecular weight excluding hydrogens is 244 g/mol. The number of aryl methyl sites for hydroxylation is 1. The smallest absolute Gasteiger partial charge is 0.308 e. The molecule has 19 heavy (non-hydrogen) atoms. The lowest BCUT2D eigenvalue weighted by Crippen LogP contribution is -2.35. The number of nitrogens with one attached hydrogen (secondary N) is 1. The first kappa shape index (κ1) is 14.0. The Bertz CT molecular complexity index is 411. The molecule has 1 aromatic heterocycles. The molecule has 1 aliphatic rings. The molecule has 0 atom stereocenters. The van der Waals surface area contributed by atoms with Gasteiger partial charge in [0, 0.05) is 19.6 Å². The summed E-state index contributed by atoms with van der Waals surface area (Å²) in [5.74, 6) is 0.0631. The van der Waals surface area contributed by atoms with Crippen molar-refractivity contribution in [2.45, 2.75) is 45.2 Å². The molecule has 2 rings (SSSR count). The van der Waals surface area contributed by atoms with Crippen LogP contribution >= 0.6 is 0 Å². The summed E-state index contributed by atoms with van der Waals surface area (Å²) in [5.41, 5.74) is 1.08. The number of esters is 1. The predicted molar refractivity (Wildman–Crippen MR) is 70.2 cm³/mol. The first-order chi connectivity index (χ1) is 9.20. The van der Waals surface area contributed by atoms with Crippen molar-refractivity contribution < 1.29 is 9.53 Å². The summed E-state index contributed by atoms with van der Waals surface area (Å²) in [7, 11) is 1.89. The number of rotatable bonds is 5. The van der Waals surface area contributed by atoms with E-state index in [0.717, 1.165) is 37.9 Å². The van der Waals surface area contributed by atoms with E-state index in [-0.39, 0.29) is 11.9 Å². The molecule has 0 aromatic carbocycles. The van der Waals surface area contributed by atoms with Crippen molar-refractivity contribution in [3.63, 3.8) is 0 Å². The molecule has 0 unspecified atom stereocenters. The predicted octanol–water partition coefficient (Wildman–Crippen LogP) is 1.03. The van der Waals surface area contributed by atoms with E-state index < -0.39 is 0 Å². The minimum atomic E-state index is -0.0308. The van der Waals surface area contributed by atoms with Crippen LogP contribution in [0.1, 0.15) is 38.3 Å². The summed E-state index contributed by atoms with van der Waals surface area (Å²) in [5, 5.41) is 11.3. The lowest BCUT2D eigenvalue weighted by molar-refractivity contribution is -0.149. The van der Waals surface area contributed by atoms with E-state index in [0.29, 0.717) is 12.6 Å². The second-order valence-corrected chi connectivity index (χ2v) is 5.03. The number of carbonyl (C=O) groups is 1. The van der Waals surface area contributed by atoms with Gasteiger partial charge in [0.2, 0.25) is 0 Å². The van der Waals surface area contributed by atoms with Gasteiger partial charge in [-0.15, -0.1) is 5.10 Å². The fourth-order valence-electron chi connectivity index (χ4n) is 2.51. The van der Waals surface area contributed by atoms with Crippen LogP contribution in [0.5, 0.6) is 0 Å². The Balaban J connectivity index is 1.72. The second kappa shape index (κ2) is 6.65. The molecule has 0 aliphatic heterocycles. The summed E-state index contributed by atoms with van der Waals surface area (Å²) in [6.45, 7) is 3.11. The van der Waals surface area contributed by atoms with Gasteiger partial charge in [-0.2, -0.15) is 0 Å². The van der Waals surface area contributed by atoms with Gasteiger partial charge in [-0.3, -0.25) is 9.48 Å². The Morgan fingerprint density at radius 1 is 1.47 bits per heavy atom. The third kappa shape index (κ3) is 3.76. The fourth-order valence-corrected chi connectivity index (χ4v) is 2.51. The Morgan fingerprint density at radius 2 is 2.21 bits per heavy atom. The highest BCUT2D eigenvalue weighted by molar-refractivity contribution is 5.72. The van der Waals surface area contributed by atoms with E-state index in [9.17, 15) is 4.79 Å². The first-order valence-corrected chi connectivity index (χ1v) is 6.94. The summed E-state index contributed by atoms with van der Waals surface area (Å²) >= 11 is 0. The maximum absolute atomic E-state index is 11.6. The quantitative estimate of drug-likeness (QED) is 0.806. The monoisotopic (exact) mass is 266 g/mol. The summed E-state index contributed by atoms with van der Waals surface area (Å²) < 4.78 is 6.85. The van der Waals surface area contributed by atoms with E-state index in [4.69, 9.17) is 4.74 Å². The zero-order valence-electron chi connectivity index (χ0n) is 11.6. The number of carbonyl (C=O) groups excluding carboxylic acids is 1. The Labute approximate surface area is 113 Å². The van der Waals surface area contributed by atoms with Crippen molar-refractivity contribution in [2.24, 2.45) is 13.0 Å². The van der Waals surface area contributed by atoms with Gasteiger partial charge in [0.1, 0.15) is 0 Å². The third-order valence-corrected chi connectivity index (χ3v) is 3.73. The van der Waals surface area contributed by atoms with Crippen molar-refractivity contribution in [1.82, 2.24) is 20.3 Å². The molecule has 1 N–H and O–H groups in total. The average Bonchev–Trinajstić information content (AvgIpc) is 2.83. The minimum absolute atomic E-state index is 0.0308. The van der Waals surface area contributed by atoms with Gasteiger partial charge in [0.05, 0.1) is 24.4 Å². The number of nitrogens with zero attached hydrogens (tertiary/aromatic N) is 3. The van der Waals surface area contributed by atoms with Crippen LogP contribution in [0.4, 0.5) is 0 Å². The van der Waals surface area contributed by atoms with Crippen LogP contribution in [-0.2, 0) is 23.1 Å². The van der Waals surface area contributed by atoms with Crippen LogP contribution in [-0.4, -0.2) is 33.6 Å². The minimum Gasteiger partial charge on any atom is -0.466 e. The number of aromatic nitrogens is 3. The molecule has 0 bridgehead atoms. The molecule has 106 valence electrons. The molecular formula is C13H22N4O2. The van der Waals surface area contributed by atoms with Crippen molar-refractivity contribution >= 4 is 5.97 Å². The molecule has 6 heteroatoms. The number of ether oxygens (including phenoxy) is 1. The normalized spacial score (nSPS) is 23.3. The van der Waals surface area contributed by atoms with E-state index in [1.807, 2.05) is 14.0 Å². The van der Waals surface area contributed by atoms with Crippen molar-refractivity contribution in [3.05, 3.63) is 11.9 Å². The highest BCUT2D eigenvalue weighted by Crippen LogP contribution is 2.25. The zero-order valence-corrected chi connectivity index (χ0v) is 11.6. The lowest BCUT2D eigenvalue weighted by Gasteiger charge is -2.27. The summed E-state index contributed by atoms with van der Waals surface area (Å²) in [6, 6.07) is 0.473. The number of hydrogen-bond donors (Lipinski definition) is 1. The molecule has 1 saturated carbocycles.